The zero-order valence-electron chi connectivity index (χ0n) is 16.0. The molecule has 10 nitrogen and oxygen atoms in total. The van der Waals surface area contributed by atoms with Gasteiger partial charge in [-0.2, -0.15) is 0 Å². The fourth-order valence-corrected chi connectivity index (χ4v) is 2.83. The molecule has 0 saturated heterocycles. The number of amides is 3. The first kappa shape index (κ1) is 21.9. The van der Waals surface area contributed by atoms with Crippen molar-refractivity contribution in [2.75, 3.05) is 0 Å². The number of carboxylic acids is 1. The molecule has 0 aliphatic rings. The van der Waals surface area contributed by atoms with Crippen LogP contribution in [0.15, 0.2) is 30.5 Å². The summed E-state index contributed by atoms with van der Waals surface area (Å²) < 4.78 is 0. The maximum absolute atomic E-state index is 12.4. The van der Waals surface area contributed by atoms with E-state index in [1.54, 1.807) is 6.20 Å². The smallest absolute Gasteiger partial charge is 0.326 e. The molecule has 10 heteroatoms. The summed E-state index contributed by atoms with van der Waals surface area (Å²) in [6.07, 6.45) is 1.77. The fourth-order valence-electron chi connectivity index (χ4n) is 2.83. The first-order valence-corrected chi connectivity index (χ1v) is 9.11. The molecule has 29 heavy (non-hydrogen) atoms. The van der Waals surface area contributed by atoms with Gasteiger partial charge in [0.15, 0.2) is 0 Å². The number of hydrogen-bond donors (Lipinski definition) is 6. The van der Waals surface area contributed by atoms with Gasteiger partial charge in [0.25, 0.3) is 0 Å². The number of carboxylic acid groups (broad SMARTS) is 1. The number of benzene rings is 1. The summed E-state index contributed by atoms with van der Waals surface area (Å²) in [6, 6.07) is 4.24. The lowest BCUT2D eigenvalue weighted by molar-refractivity contribution is -0.142. The highest BCUT2D eigenvalue weighted by Gasteiger charge is 2.26. The third-order valence-electron chi connectivity index (χ3n) is 4.50. The zero-order chi connectivity index (χ0) is 21.6. The lowest BCUT2D eigenvalue weighted by Crippen LogP contribution is -2.53. The summed E-state index contributed by atoms with van der Waals surface area (Å²) in [6.45, 7) is 1.42. The third kappa shape index (κ3) is 6.04. The van der Waals surface area contributed by atoms with E-state index in [9.17, 15) is 24.3 Å². The lowest BCUT2D eigenvalue weighted by Gasteiger charge is -2.20. The fraction of sp³-hybridized carbons (Fsp3) is 0.368. The van der Waals surface area contributed by atoms with E-state index in [4.69, 9.17) is 11.5 Å². The van der Waals surface area contributed by atoms with Gasteiger partial charge in [-0.15, -0.1) is 0 Å². The summed E-state index contributed by atoms with van der Waals surface area (Å²) in [7, 11) is 0. The van der Waals surface area contributed by atoms with Gasteiger partial charge >= 0.3 is 5.97 Å². The molecule has 1 aromatic heterocycles. The van der Waals surface area contributed by atoms with E-state index in [0.29, 0.717) is 0 Å². The number of primary amides is 1. The van der Waals surface area contributed by atoms with E-state index in [-0.39, 0.29) is 19.3 Å². The monoisotopic (exact) mass is 403 g/mol. The molecule has 3 amide bonds. The molecule has 2 rings (SSSR count). The van der Waals surface area contributed by atoms with Crippen LogP contribution in [0, 0.1) is 0 Å². The van der Waals surface area contributed by atoms with Gasteiger partial charge in [0, 0.05) is 29.9 Å². The Balaban J connectivity index is 1.97. The SMILES string of the molecule is C[C@H](NC(=O)[C@@H](N)CCC(N)=O)C(=O)N[C@@H](Cc1c[nH]c2ccccc12)C(=O)O. The predicted molar refractivity (Wildman–Crippen MR) is 106 cm³/mol. The van der Waals surface area contributed by atoms with Gasteiger partial charge in [0.05, 0.1) is 6.04 Å². The van der Waals surface area contributed by atoms with Crippen molar-refractivity contribution in [3.63, 3.8) is 0 Å². The molecular weight excluding hydrogens is 378 g/mol. The van der Waals surface area contributed by atoms with Crippen LogP contribution in [0.1, 0.15) is 25.3 Å². The molecule has 1 heterocycles. The highest BCUT2D eigenvalue weighted by atomic mass is 16.4. The number of carbonyl (C=O) groups excluding carboxylic acids is 3. The Hall–Kier alpha value is -3.40. The van der Waals surface area contributed by atoms with Crippen molar-refractivity contribution in [1.29, 1.82) is 0 Å². The summed E-state index contributed by atoms with van der Waals surface area (Å²) in [5, 5.41) is 15.2. The highest BCUT2D eigenvalue weighted by molar-refractivity contribution is 5.92. The number of carbonyl (C=O) groups is 4. The second-order valence-electron chi connectivity index (χ2n) is 6.80. The number of para-hydroxylation sites is 1. The van der Waals surface area contributed by atoms with Crippen LogP contribution in [0.4, 0.5) is 0 Å². The highest BCUT2D eigenvalue weighted by Crippen LogP contribution is 2.19. The minimum atomic E-state index is -1.19. The second-order valence-corrected chi connectivity index (χ2v) is 6.80. The summed E-state index contributed by atoms with van der Waals surface area (Å²) >= 11 is 0. The van der Waals surface area contributed by atoms with Crippen LogP contribution < -0.4 is 22.1 Å². The minimum Gasteiger partial charge on any atom is -0.480 e. The molecule has 0 saturated carbocycles. The molecule has 0 unspecified atom stereocenters. The number of rotatable bonds is 10. The van der Waals surface area contributed by atoms with E-state index in [0.717, 1.165) is 16.5 Å². The van der Waals surface area contributed by atoms with Gasteiger partial charge in [-0.25, -0.2) is 4.79 Å². The van der Waals surface area contributed by atoms with Gasteiger partial charge in [-0.1, -0.05) is 18.2 Å². The van der Waals surface area contributed by atoms with Crippen molar-refractivity contribution >= 4 is 34.6 Å². The van der Waals surface area contributed by atoms with Crippen LogP contribution in [-0.2, 0) is 25.6 Å². The van der Waals surface area contributed by atoms with Gasteiger partial charge < -0.3 is 32.2 Å². The first-order chi connectivity index (χ1) is 13.7. The Morgan fingerprint density at radius 3 is 2.48 bits per heavy atom. The topological polar surface area (TPSA) is 180 Å². The zero-order valence-corrected chi connectivity index (χ0v) is 16.0. The molecule has 2 aromatic rings. The number of nitrogens with one attached hydrogen (secondary N) is 3. The van der Waals surface area contributed by atoms with E-state index in [1.807, 2.05) is 24.3 Å². The van der Waals surface area contributed by atoms with Gasteiger partial charge in [-0.3, -0.25) is 14.4 Å². The molecule has 3 atom stereocenters. The quantitative estimate of drug-likeness (QED) is 0.307. The average molecular weight is 403 g/mol. The van der Waals surface area contributed by atoms with Crippen LogP contribution in [-0.4, -0.2) is 51.9 Å². The van der Waals surface area contributed by atoms with E-state index < -0.39 is 41.8 Å². The molecular formula is C19H25N5O5. The van der Waals surface area contributed by atoms with Crippen molar-refractivity contribution in [1.82, 2.24) is 15.6 Å². The Bertz CT molecular complexity index is 909. The Morgan fingerprint density at radius 2 is 1.83 bits per heavy atom. The Morgan fingerprint density at radius 1 is 1.14 bits per heavy atom. The summed E-state index contributed by atoms with van der Waals surface area (Å²) in [5.41, 5.74) is 12.3. The number of aromatic nitrogens is 1. The molecule has 1 aromatic carbocycles. The number of aliphatic carboxylic acids is 1. The first-order valence-electron chi connectivity index (χ1n) is 9.11. The largest absolute Gasteiger partial charge is 0.480 e. The minimum absolute atomic E-state index is 0.0494. The number of fused-ring (bicyclic) bond motifs is 1. The second kappa shape index (κ2) is 9.69. The molecule has 0 spiro atoms. The normalized spacial score (nSPS) is 14.0. The van der Waals surface area contributed by atoms with Gasteiger partial charge in [0.1, 0.15) is 12.1 Å². The number of H-pyrrole nitrogens is 1. The van der Waals surface area contributed by atoms with Crippen molar-refractivity contribution in [2.24, 2.45) is 11.5 Å². The van der Waals surface area contributed by atoms with E-state index in [1.165, 1.54) is 6.92 Å². The van der Waals surface area contributed by atoms with Crippen molar-refractivity contribution in [3.8, 4) is 0 Å². The van der Waals surface area contributed by atoms with Gasteiger partial charge in [0.2, 0.25) is 17.7 Å². The molecule has 156 valence electrons. The van der Waals surface area contributed by atoms with E-state index >= 15 is 0 Å². The average Bonchev–Trinajstić information content (AvgIpc) is 3.08. The van der Waals surface area contributed by atoms with Crippen LogP contribution in [0.2, 0.25) is 0 Å². The van der Waals surface area contributed by atoms with E-state index in [2.05, 4.69) is 15.6 Å². The van der Waals surface area contributed by atoms with Crippen LogP contribution in [0.5, 0.6) is 0 Å². The number of aromatic amines is 1. The standard InChI is InChI=1S/C19H25N5O5/c1-10(23-18(27)13(20)6-7-16(21)25)17(26)24-15(19(28)29)8-11-9-22-14-5-3-2-4-12(11)14/h2-5,9-10,13,15,22H,6-8,20H2,1H3,(H2,21,25)(H,23,27)(H,24,26)(H,28,29)/t10-,13-,15-/m0/s1. The molecule has 0 bridgehead atoms. The van der Waals surface area contributed by atoms with Crippen LogP contribution >= 0.6 is 0 Å². The number of hydrogen-bond acceptors (Lipinski definition) is 5. The van der Waals surface area contributed by atoms with Crippen LogP contribution in [0.25, 0.3) is 10.9 Å². The van der Waals surface area contributed by atoms with Crippen molar-refractivity contribution in [3.05, 3.63) is 36.0 Å². The summed E-state index contributed by atoms with van der Waals surface area (Å²) in [4.78, 5) is 49.8. The molecule has 0 aliphatic carbocycles. The predicted octanol–water partition coefficient (Wildman–Crippen LogP) is -0.623. The van der Waals surface area contributed by atoms with Crippen LogP contribution in [0.3, 0.4) is 0 Å². The van der Waals surface area contributed by atoms with Gasteiger partial charge in [-0.05, 0) is 25.0 Å². The lowest BCUT2D eigenvalue weighted by atomic mass is 10.0. The van der Waals surface area contributed by atoms with Crippen molar-refractivity contribution < 1.29 is 24.3 Å². The van der Waals surface area contributed by atoms with Crippen molar-refractivity contribution in [2.45, 2.75) is 44.3 Å². The molecule has 8 N–H and O–H groups in total. The Kier molecular flexibility index (Phi) is 7.32. The maximum Gasteiger partial charge on any atom is 0.326 e. The summed E-state index contributed by atoms with van der Waals surface area (Å²) in [5.74, 6) is -3.06. The Labute approximate surface area is 167 Å². The maximum atomic E-state index is 12.4. The number of nitrogens with two attached hydrogens (primary N) is 2. The molecule has 0 aliphatic heterocycles. The molecule has 0 radical (unpaired) electrons. The molecule has 0 fully saturated rings. The third-order valence-corrected chi connectivity index (χ3v) is 4.50.